The minimum Gasteiger partial charge on any atom is -0.486 e. The lowest BCUT2D eigenvalue weighted by Crippen LogP contribution is -2.34. The molecule has 2 N–H and O–H groups in total. The Kier molecular flexibility index (Phi) is 4.02. The summed E-state index contributed by atoms with van der Waals surface area (Å²) in [7, 11) is 0. The van der Waals surface area contributed by atoms with Crippen LogP contribution in [0, 0.1) is 0 Å². The molecule has 0 bridgehead atoms. The molecule has 2 aromatic carbocycles. The number of aromatic nitrogens is 1. The van der Waals surface area contributed by atoms with Crippen LogP contribution in [0.5, 0.6) is 11.5 Å². The van der Waals surface area contributed by atoms with Gasteiger partial charge in [0.05, 0.1) is 12.1 Å². The van der Waals surface area contributed by atoms with Crippen molar-refractivity contribution in [1.29, 1.82) is 0 Å². The number of nitrogens with zero attached hydrogens (tertiary/aromatic N) is 1. The number of hydrogen-bond acceptors (Lipinski definition) is 6. The summed E-state index contributed by atoms with van der Waals surface area (Å²) in [5.74, 6) is 1.20. The number of nitrogens with one attached hydrogen (secondary N) is 1. The van der Waals surface area contributed by atoms with Crippen molar-refractivity contribution in [3.05, 3.63) is 65.7 Å². The van der Waals surface area contributed by atoms with Crippen molar-refractivity contribution in [3.63, 3.8) is 0 Å². The maximum atomic E-state index is 12.9. The summed E-state index contributed by atoms with van der Waals surface area (Å²) >= 11 is 0. The fourth-order valence-electron chi connectivity index (χ4n) is 3.75. The van der Waals surface area contributed by atoms with E-state index in [9.17, 15) is 9.90 Å². The monoisotopic (exact) mass is 378 g/mol. The molecule has 142 valence electrons. The van der Waals surface area contributed by atoms with Crippen LogP contribution in [-0.4, -0.2) is 35.3 Å². The van der Waals surface area contributed by atoms with Crippen LogP contribution >= 0.6 is 0 Å². The van der Waals surface area contributed by atoms with Crippen molar-refractivity contribution in [3.8, 4) is 22.8 Å². The number of amides is 1. The van der Waals surface area contributed by atoms with E-state index in [4.69, 9.17) is 13.9 Å². The highest BCUT2D eigenvalue weighted by molar-refractivity contribution is 5.98. The Labute approximate surface area is 160 Å². The van der Waals surface area contributed by atoms with Crippen molar-refractivity contribution in [2.75, 3.05) is 13.2 Å². The first-order valence-electron chi connectivity index (χ1n) is 9.11. The molecule has 1 aromatic heterocycles. The van der Waals surface area contributed by atoms with Gasteiger partial charge in [-0.2, -0.15) is 0 Å². The Morgan fingerprint density at radius 1 is 1.11 bits per heavy atom. The summed E-state index contributed by atoms with van der Waals surface area (Å²) in [6.45, 7) is 0.979. The van der Waals surface area contributed by atoms with Crippen molar-refractivity contribution in [2.24, 2.45) is 0 Å². The molecule has 1 aliphatic heterocycles. The molecule has 0 saturated heterocycles. The maximum absolute atomic E-state index is 12.9. The minimum atomic E-state index is -0.675. The molecule has 28 heavy (non-hydrogen) atoms. The van der Waals surface area contributed by atoms with Crippen LogP contribution < -0.4 is 14.8 Å². The lowest BCUT2D eigenvalue weighted by molar-refractivity contribution is 0.0854. The van der Waals surface area contributed by atoms with Crippen molar-refractivity contribution in [1.82, 2.24) is 10.3 Å². The number of benzene rings is 2. The predicted octanol–water partition coefficient (Wildman–Crippen LogP) is 2.50. The molecule has 7 heteroatoms. The number of ether oxygens (including phenoxy) is 2. The van der Waals surface area contributed by atoms with Gasteiger partial charge in [0.1, 0.15) is 13.2 Å². The third kappa shape index (κ3) is 2.80. The molecule has 1 amide bonds. The first-order valence-corrected chi connectivity index (χ1v) is 9.11. The van der Waals surface area contributed by atoms with Gasteiger partial charge in [-0.25, -0.2) is 4.98 Å². The number of aliphatic hydroxyl groups is 1. The Balaban J connectivity index is 1.43. The first kappa shape index (κ1) is 16.8. The summed E-state index contributed by atoms with van der Waals surface area (Å²) in [6, 6.07) is 12.6. The van der Waals surface area contributed by atoms with Gasteiger partial charge < -0.3 is 24.3 Å². The van der Waals surface area contributed by atoms with Crippen LogP contribution in [0.15, 0.2) is 53.3 Å². The number of hydrogen-bond donors (Lipinski definition) is 2. The van der Waals surface area contributed by atoms with Gasteiger partial charge in [-0.05, 0) is 29.3 Å². The number of rotatable bonds is 3. The predicted molar refractivity (Wildman–Crippen MR) is 99.3 cm³/mol. The van der Waals surface area contributed by atoms with Gasteiger partial charge in [0.2, 0.25) is 0 Å². The van der Waals surface area contributed by atoms with E-state index in [-0.39, 0.29) is 5.69 Å². The van der Waals surface area contributed by atoms with Crippen LogP contribution in [-0.2, 0) is 6.42 Å². The number of carbonyl (C=O) groups is 1. The molecule has 2 aliphatic rings. The van der Waals surface area contributed by atoms with Crippen LogP contribution in [0.3, 0.4) is 0 Å². The van der Waals surface area contributed by atoms with Gasteiger partial charge in [-0.15, -0.1) is 0 Å². The summed E-state index contributed by atoms with van der Waals surface area (Å²) in [4.78, 5) is 17.0. The number of fused-ring (bicyclic) bond motifs is 2. The van der Waals surface area contributed by atoms with Gasteiger partial charge in [0.25, 0.3) is 5.91 Å². The van der Waals surface area contributed by atoms with E-state index in [2.05, 4.69) is 10.3 Å². The molecule has 2 heterocycles. The fourth-order valence-corrected chi connectivity index (χ4v) is 3.75. The summed E-state index contributed by atoms with van der Waals surface area (Å²) in [5.41, 5.74) is 2.78. The molecule has 0 unspecified atom stereocenters. The average molecular weight is 378 g/mol. The largest absolute Gasteiger partial charge is 0.486 e. The standard InChI is InChI=1S/C21H18N2O5/c24-15-9-12-3-1-2-4-14(12)18(15)23-21(25)19-20(28-11-22-19)13-5-6-16-17(10-13)27-8-7-26-16/h1-6,10-11,15,18,24H,7-9H2,(H,23,25)/t15-,18+/m0/s1. The molecule has 7 nitrogen and oxygen atoms in total. The Morgan fingerprint density at radius 2 is 1.93 bits per heavy atom. The minimum absolute atomic E-state index is 0.160. The topological polar surface area (TPSA) is 93.8 Å². The molecule has 3 aromatic rings. The molecule has 1 aliphatic carbocycles. The van der Waals surface area contributed by atoms with Gasteiger partial charge in [-0.3, -0.25) is 4.79 Å². The fraction of sp³-hybridized carbons (Fsp3) is 0.238. The molecule has 0 fully saturated rings. The van der Waals surface area contributed by atoms with Crippen LogP contribution in [0.2, 0.25) is 0 Å². The molecule has 0 radical (unpaired) electrons. The molecule has 5 rings (SSSR count). The summed E-state index contributed by atoms with van der Waals surface area (Å²) in [6.07, 6.45) is 1.07. The number of carbonyl (C=O) groups excluding carboxylic acids is 1. The van der Waals surface area contributed by atoms with E-state index in [1.165, 1.54) is 6.39 Å². The van der Waals surface area contributed by atoms with Crippen molar-refractivity contribution >= 4 is 5.91 Å². The second kappa shape index (κ2) is 6.69. The van der Waals surface area contributed by atoms with Crippen LogP contribution in [0.25, 0.3) is 11.3 Å². The maximum Gasteiger partial charge on any atom is 0.274 e. The van der Waals surface area contributed by atoms with E-state index in [1.54, 1.807) is 18.2 Å². The highest BCUT2D eigenvalue weighted by Gasteiger charge is 2.33. The SMILES string of the molecule is O=C(N[C@@H]1c2ccccc2C[C@@H]1O)c1ncoc1-c1ccc2c(c1)OCCO2. The zero-order chi connectivity index (χ0) is 19.1. The summed E-state index contributed by atoms with van der Waals surface area (Å²) in [5, 5.41) is 13.3. The quantitative estimate of drug-likeness (QED) is 0.727. The molecule has 0 saturated carbocycles. The zero-order valence-corrected chi connectivity index (χ0v) is 14.9. The van der Waals surface area contributed by atoms with Gasteiger partial charge >= 0.3 is 0 Å². The van der Waals surface area contributed by atoms with Gasteiger partial charge in [0.15, 0.2) is 29.3 Å². The normalized spacial score (nSPS) is 19.9. The zero-order valence-electron chi connectivity index (χ0n) is 14.9. The van der Waals surface area contributed by atoms with E-state index < -0.39 is 18.1 Å². The van der Waals surface area contributed by atoms with Crippen LogP contribution in [0.1, 0.15) is 27.7 Å². The van der Waals surface area contributed by atoms with E-state index in [0.717, 1.165) is 11.1 Å². The second-order valence-corrected chi connectivity index (χ2v) is 6.81. The third-order valence-corrected chi connectivity index (χ3v) is 5.08. The molecule has 2 atom stereocenters. The lowest BCUT2D eigenvalue weighted by atomic mass is 10.1. The number of aliphatic hydroxyl groups excluding tert-OH is 1. The average Bonchev–Trinajstić information content (AvgIpc) is 3.33. The van der Waals surface area contributed by atoms with Crippen LogP contribution in [0.4, 0.5) is 0 Å². The first-order chi connectivity index (χ1) is 13.7. The lowest BCUT2D eigenvalue weighted by Gasteiger charge is -2.19. The van der Waals surface area contributed by atoms with Gasteiger partial charge in [-0.1, -0.05) is 24.3 Å². The second-order valence-electron chi connectivity index (χ2n) is 6.81. The van der Waals surface area contributed by atoms with Crippen molar-refractivity contribution < 1.29 is 23.8 Å². The highest BCUT2D eigenvalue weighted by Crippen LogP contribution is 2.36. The molecule has 0 spiro atoms. The van der Waals surface area contributed by atoms with Gasteiger partial charge in [0, 0.05) is 12.0 Å². The highest BCUT2D eigenvalue weighted by atomic mass is 16.6. The Bertz CT molecular complexity index is 1040. The molecular formula is C21H18N2O5. The number of oxazole rings is 1. The third-order valence-electron chi connectivity index (χ3n) is 5.08. The smallest absolute Gasteiger partial charge is 0.274 e. The van der Waals surface area contributed by atoms with E-state index in [1.807, 2.05) is 24.3 Å². The van der Waals surface area contributed by atoms with Crippen molar-refractivity contribution in [2.45, 2.75) is 18.6 Å². The Hall–Kier alpha value is -3.32. The summed E-state index contributed by atoms with van der Waals surface area (Å²) < 4.78 is 16.6. The molecular weight excluding hydrogens is 360 g/mol. The Morgan fingerprint density at radius 3 is 2.82 bits per heavy atom. The van der Waals surface area contributed by atoms with E-state index in [0.29, 0.717) is 42.5 Å². The van der Waals surface area contributed by atoms with E-state index >= 15 is 0 Å².